The van der Waals surface area contributed by atoms with E-state index in [0.29, 0.717) is 0 Å². The van der Waals surface area contributed by atoms with Gasteiger partial charge < -0.3 is 5.32 Å². The molecule has 4 saturated carbocycles. The molecule has 0 unspecified atom stereocenters. The lowest BCUT2D eigenvalue weighted by Crippen LogP contribution is -2.54. The first kappa shape index (κ1) is 11.7. The topological polar surface area (TPSA) is 24.9 Å². The van der Waals surface area contributed by atoms with Gasteiger partial charge in [-0.1, -0.05) is 11.6 Å². The van der Waals surface area contributed by atoms with Crippen molar-refractivity contribution in [1.82, 2.24) is 10.3 Å². The van der Waals surface area contributed by atoms with Crippen molar-refractivity contribution in [3.8, 4) is 0 Å². The number of hydrogen-bond donors (Lipinski definition) is 1. The quantitative estimate of drug-likeness (QED) is 0.914. The van der Waals surface area contributed by atoms with Crippen LogP contribution in [0, 0.1) is 23.7 Å². The summed E-state index contributed by atoms with van der Waals surface area (Å²) in [5, 5.41) is 4.92. The first-order chi connectivity index (χ1) is 8.78. The second-order valence-electron chi connectivity index (χ2n) is 6.40. The highest BCUT2D eigenvalue weighted by Gasteiger charge is 2.47. The van der Waals surface area contributed by atoms with Crippen molar-refractivity contribution in [2.75, 3.05) is 0 Å². The number of nitrogens with one attached hydrogen (secondary N) is 1. The molecule has 0 saturated heterocycles. The van der Waals surface area contributed by atoms with E-state index in [-0.39, 0.29) is 0 Å². The van der Waals surface area contributed by atoms with E-state index in [2.05, 4.69) is 10.3 Å². The van der Waals surface area contributed by atoms with Crippen LogP contribution in [0.4, 0.5) is 0 Å². The summed E-state index contributed by atoms with van der Waals surface area (Å²) < 4.78 is 0.803. The van der Waals surface area contributed by atoms with Crippen LogP contribution in [0.3, 0.4) is 0 Å². The van der Waals surface area contributed by atoms with E-state index in [1.54, 1.807) is 17.5 Å². The van der Waals surface area contributed by atoms with Crippen LogP contribution >= 0.6 is 22.9 Å². The van der Waals surface area contributed by atoms with E-state index in [4.69, 9.17) is 11.6 Å². The van der Waals surface area contributed by atoms with Gasteiger partial charge >= 0.3 is 0 Å². The molecule has 0 aliphatic heterocycles. The minimum atomic E-state index is 0.750. The maximum Gasteiger partial charge on any atom is 0.113 e. The summed E-state index contributed by atoms with van der Waals surface area (Å²) >= 11 is 7.54. The van der Waals surface area contributed by atoms with Crippen LogP contribution in [-0.4, -0.2) is 11.0 Å². The minimum absolute atomic E-state index is 0.750. The van der Waals surface area contributed by atoms with Crippen LogP contribution < -0.4 is 5.32 Å². The van der Waals surface area contributed by atoms with Gasteiger partial charge in [0.1, 0.15) is 9.34 Å². The second kappa shape index (κ2) is 4.46. The Balaban J connectivity index is 1.43. The van der Waals surface area contributed by atoms with Crippen LogP contribution in [-0.2, 0) is 6.54 Å². The Labute approximate surface area is 117 Å². The predicted molar refractivity (Wildman–Crippen MR) is 74.8 cm³/mol. The van der Waals surface area contributed by atoms with Crippen LogP contribution in [0.2, 0.25) is 4.34 Å². The average molecular weight is 283 g/mol. The van der Waals surface area contributed by atoms with Crippen LogP contribution in [0.15, 0.2) is 6.20 Å². The van der Waals surface area contributed by atoms with Crippen LogP contribution in [0.5, 0.6) is 0 Å². The van der Waals surface area contributed by atoms with Crippen molar-refractivity contribution in [2.45, 2.75) is 44.7 Å². The molecule has 0 amide bonds. The SMILES string of the molecule is Clc1cnc(CNC2C3CC4CC(C3)CC2C4)s1. The molecule has 1 N–H and O–H groups in total. The van der Waals surface area contributed by atoms with E-state index < -0.39 is 0 Å². The third-order valence-corrected chi connectivity index (χ3v) is 6.36. The molecule has 0 atom stereocenters. The summed E-state index contributed by atoms with van der Waals surface area (Å²) in [4.78, 5) is 4.34. The first-order valence-corrected chi connectivity index (χ1v) is 8.31. The summed E-state index contributed by atoms with van der Waals surface area (Å²) in [6, 6.07) is 0.750. The fourth-order valence-corrected chi connectivity index (χ4v) is 5.74. The van der Waals surface area contributed by atoms with E-state index in [0.717, 1.165) is 45.6 Å². The number of aromatic nitrogens is 1. The standard InChI is InChI=1S/C14H19ClN2S/c15-12-6-16-13(18-12)7-17-14-10-2-8-1-9(4-10)5-11(14)3-8/h6,8-11,14,17H,1-5,7H2. The molecule has 4 fully saturated rings. The van der Waals surface area contributed by atoms with Crippen molar-refractivity contribution in [2.24, 2.45) is 23.7 Å². The second-order valence-corrected chi connectivity index (χ2v) is 8.14. The number of thiazole rings is 1. The Hall–Kier alpha value is -0.120. The Morgan fingerprint density at radius 2 is 1.83 bits per heavy atom. The molecule has 2 nitrogen and oxygen atoms in total. The Morgan fingerprint density at radius 1 is 1.17 bits per heavy atom. The molecular formula is C14H19ClN2S. The number of hydrogen-bond acceptors (Lipinski definition) is 3. The molecule has 4 bridgehead atoms. The Kier molecular flexibility index (Phi) is 2.90. The van der Waals surface area contributed by atoms with Gasteiger partial charge in [-0.25, -0.2) is 4.98 Å². The van der Waals surface area contributed by atoms with E-state index in [1.165, 1.54) is 32.1 Å². The minimum Gasteiger partial charge on any atom is -0.307 e. The van der Waals surface area contributed by atoms with E-state index in [1.807, 2.05) is 0 Å². The fraction of sp³-hybridized carbons (Fsp3) is 0.786. The monoisotopic (exact) mass is 282 g/mol. The van der Waals surface area contributed by atoms with Gasteiger partial charge in [0.2, 0.25) is 0 Å². The Bertz CT molecular complexity index is 417. The van der Waals surface area contributed by atoms with Crippen molar-refractivity contribution in [3.63, 3.8) is 0 Å². The van der Waals surface area contributed by atoms with Gasteiger partial charge in [-0.2, -0.15) is 0 Å². The zero-order valence-electron chi connectivity index (χ0n) is 10.4. The lowest BCUT2D eigenvalue weighted by molar-refractivity contribution is -0.0142. The smallest absolute Gasteiger partial charge is 0.113 e. The highest BCUT2D eigenvalue weighted by molar-refractivity contribution is 7.15. The molecule has 0 aromatic carbocycles. The van der Waals surface area contributed by atoms with Crippen molar-refractivity contribution < 1.29 is 0 Å². The van der Waals surface area contributed by atoms with Crippen LogP contribution in [0.1, 0.15) is 37.1 Å². The predicted octanol–water partition coefficient (Wildman–Crippen LogP) is 3.71. The summed E-state index contributed by atoms with van der Waals surface area (Å²) in [6.45, 7) is 0.907. The third-order valence-electron chi connectivity index (χ3n) is 5.24. The molecule has 0 spiro atoms. The molecule has 4 aliphatic rings. The highest BCUT2D eigenvalue weighted by atomic mass is 35.5. The van der Waals surface area contributed by atoms with Crippen molar-refractivity contribution >= 4 is 22.9 Å². The lowest BCUT2D eigenvalue weighted by Gasteiger charge is -2.54. The maximum absolute atomic E-state index is 5.93. The molecule has 4 heteroatoms. The summed E-state index contributed by atoms with van der Waals surface area (Å²) in [5.74, 6) is 3.99. The molecule has 1 heterocycles. The molecule has 98 valence electrons. The zero-order chi connectivity index (χ0) is 12.1. The molecule has 0 radical (unpaired) electrons. The zero-order valence-corrected chi connectivity index (χ0v) is 12.0. The molecule has 18 heavy (non-hydrogen) atoms. The van der Waals surface area contributed by atoms with Crippen molar-refractivity contribution in [1.29, 1.82) is 0 Å². The first-order valence-electron chi connectivity index (χ1n) is 7.11. The van der Waals surface area contributed by atoms with E-state index in [9.17, 15) is 0 Å². The highest BCUT2D eigenvalue weighted by Crippen LogP contribution is 2.53. The lowest BCUT2D eigenvalue weighted by atomic mass is 9.54. The van der Waals surface area contributed by atoms with Gasteiger partial charge in [0, 0.05) is 12.6 Å². The van der Waals surface area contributed by atoms with Crippen molar-refractivity contribution in [3.05, 3.63) is 15.5 Å². The molecule has 5 rings (SSSR count). The number of nitrogens with zero attached hydrogens (tertiary/aromatic N) is 1. The van der Waals surface area contributed by atoms with Gasteiger partial charge in [0.05, 0.1) is 6.20 Å². The number of rotatable bonds is 3. The summed E-state index contributed by atoms with van der Waals surface area (Å²) in [6.07, 6.45) is 9.20. The molecular weight excluding hydrogens is 264 g/mol. The summed E-state index contributed by atoms with van der Waals surface area (Å²) in [5.41, 5.74) is 0. The number of halogens is 1. The molecule has 1 aromatic rings. The van der Waals surface area contributed by atoms with Gasteiger partial charge in [0.25, 0.3) is 0 Å². The van der Waals surface area contributed by atoms with Gasteiger partial charge in [-0.05, 0) is 55.8 Å². The average Bonchev–Trinajstić information content (AvgIpc) is 2.73. The van der Waals surface area contributed by atoms with Crippen LogP contribution in [0.25, 0.3) is 0 Å². The Morgan fingerprint density at radius 3 is 2.39 bits per heavy atom. The van der Waals surface area contributed by atoms with Gasteiger partial charge in [-0.15, -0.1) is 11.3 Å². The van der Waals surface area contributed by atoms with Gasteiger partial charge in [-0.3, -0.25) is 0 Å². The molecule has 4 aliphatic carbocycles. The maximum atomic E-state index is 5.93. The largest absolute Gasteiger partial charge is 0.307 e. The normalized spacial score (nSPS) is 41.5. The molecule has 1 aromatic heterocycles. The van der Waals surface area contributed by atoms with E-state index >= 15 is 0 Å². The fourth-order valence-electron chi connectivity index (χ4n) is 4.83. The van der Waals surface area contributed by atoms with Gasteiger partial charge in [0.15, 0.2) is 0 Å². The third kappa shape index (κ3) is 2.00. The summed E-state index contributed by atoms with van der Waals surface area (Å²) in [7, 11) is 0.